The van der Waals surface area contributed by atoms with Gasteiger partial charge in [0.05, 0.1) is 12.3 Å². The van der Waals surface area contributed by atoms with Crippen molar-refractivity contribution in [2.24, 2.45) is 5.92 Å². The van der Waals surface area contributed by atoms with E-state index < -0.39 is 5.97 Å². The Labute approximate surface area is 116 Å². The van der Waals surface area contributed by atoms with Crippen LogP contribution in [0.2, 0.25) is 0 Å². The molecule has 0 radical (unpaired) electrons. The molecule has 1 amide bonds. The van der Waals surface area contributed by atoms with Gasteiger partial charge in [-0.25, -0.2) is 4.79 Å². The van der Waals surface area contributed by atoms with E-state index in [1.54, 1.807) is 13.8 Å². The molecule has 1 aliphatic heterocycles. The molecule has 1 saturated heterocycles. The molecule has 104 valence electrons. The molecule has 0 spiro atoms. The molecule has 1 aromatic heterocycles. The number of carbonyl (C=O) groups excluding carboxylic acids is 2. The van der Waals surface area contributed by atoms with E-state index in [1.807, 2.05) is 0 Å². The molecule has 1 aliphatic rings. The van der Waals surface area contributed by atoms with Gasteiger partial charge in [-0.3, -0.25) is 9.69 Å². The average molecular weight is 284 g/mol. The van der Waals surface area contributed by atoms with Crippen molar-refractivity contribution in [3.05, 3.63) is 11.5 Å². The van der Waals surface area contributed by atoms with Crippen molar-refractivity contribution in [1.82, 2.24) is 4.98 Å². The third-order valence-corrected chi connectivity index (χ3v) is 3.46. The number of hydrogen-bond donors (Lipinski definition) is 1. The van der Waals surface area contributed by atoms with Gasteiger partial charge in [-0.05, 0) is 25.5 Å². The van der Waals surface area contributed by atoms with E-state index in [2.05, 4.69) is 17.6 Å². The maximum absolute atomic E-state index is 11.8. The number of amides is 1. The molecule has 7 heteroatoms. The minimum absolute atomic E-state index is 0.0546. The Balaban J connectivity index is 2.20. The third kappa shape index (κ3) is 2.75. The molecule has 1 aromatic rings. The number of oxazole rings is 1. The SMILES string of the molecule is CCOC(=O)c1oc(N2CC(CS)CC2=O)nc1C. The molecule has 0 saturated carbocycles. The highest BCUT2D eigenvalue weighted by atomic mass is 32.1. The van der Waals surface area contributed by atoms with Crippen LogP contribution in [0.25, 0.3) is 0 Å². The summed E-state index contributed by atoms with van der Waals surface area (Å²) in [5, 5.41) is 0. The summed E-state index contributed by atoms with van der Waals surface area (Å²) in [4.78, 5) is 29.0. The number of carbonyl (C=O) groups is 2. The molecule has 0 N–H and O–H groups in total. The first-order valence-electron chi connectivity index (χ1n) is 6.12. The number of hydrogen-bond acceptors (Lipinski definition) is 6. The number of thiol groups is 1. The van der Waals surface area contributed by atoms with Gasteiger partial charge in [-0.2, -0.15) is 17.6 Å². The van der Waals surface area contributed by atoms with Crippen LogP contribution in [0.15, 0.2) is 4.42 Å². The maximum Gasteiger partial charge on any atom is 0.376 e. The molecule has 2 rings (SSSR count). The van der Waals surface area contributed by atoms with E-state index in [9.17, 15) is 9.59 Å². The van der Waals surface area contributed by atoms with Crippen LogP contribution in [0.4, 0.5) is 6.01 Å². The predicted octanol–water partition coefficient (Wildman–Crippen LogP) is 1.44. The number of esters is 1. The summed E-state index contributed by atoms with van der Waals surface area (Å²) in [7, 11) is 0. The van der Waals surface area contributed by atoms with Crippen molar-refractivity contribution in [3.63, 3.8) is 0 Å². The summed E-state index contributed by atoms with van der Waals surface area (Å²) in [5.74, 6) is 0.257. The summed E-state index contributed by atoms with van der Waals surface area (Å²) < 4.78 is 10.2. The number of nitrogens with zero attached hydrogens (tertiary/aromatic N) is 2. The molecule has 1 unspecified atom stereocenters. The summed E-state index contributed by atoms with van der Waals surface area (Å²) >= 11 is 4.19. The van der Waals surface area contributed by atoms with Gasteiger partial charge in [0.1, 0.15) is 0 Å². The first kappa shape index (κ1) is 13.9. The minimum Gasteiger partial charge on any atom is -0.460 e. The Hall–Kier alpha value is -1.50. The highest BCUT2D eigenvalue weighted by Gasteiger charge is 2.33. The number of anilines is 1. The number of aryl methyl sites for hydroxylation is 1. The molecular weight excluding hydrogens is 268 g/mol. The second-order valence-electron chi connectivity index (χ2n) is 4.39. The van der Waals surface area contributed by atoms with Crippen molar-refractivity contribution in [3.8, 4) is 0 Å². The Morgan fingerprint density at radius 1 is 1.63 bits per heavy atom. The van der Waals surface area contributed by atoms with Crippen molar-refractivity contribution in [1.29, 1.82) is 0 Å². The van der Waals surface area contributed by atoms with Crippen LogP contribution in [0, 0.1) is 12.8 Å². The fourth-order valence-electron chi connectivity index (χ4n) is 1.97. The van der Waals surface area contributed by atoms with Crippen LogP contribution >= 0.6 is 12.6 Å². The molecule has 6 nitrogen and oxygen atoms in total. The van der Waals surface area contributed by atoms with E-state index in [4.69, 9.17) is 9.15 Å². The van der Waals surface area contributed by atoms with E-state index in [-0.39, 0.29) is 30.2 Å². The van der Waals surface area contributed by atoms with Gasteiger partial charge in [-0.1, -0.05) is 0 Å². The molecule has 1 atom stereocenters. The lowest BCUT2D eigenvalue weighted by Crippen LogP contribution is -2.25. The quantitative estimate of drug-likeness (QED) is 0.669. The van der Waals surface area contributed by atoms with Gasteiger partial charge in [0, 0.05) is 13.0 Å². The van der Waals surface area contributed by atoms with Crippen LogP contribution in [0.3, 0.4) is 0 Å². The fraction of sp³-hybridized carbons (Fsp3) is 0.583. The third-order valence-electron chi connectivity index (χ3n) is 2.94. The molecule has 0 aromatic carbocycles. The van der Waals surface area contributed by atoms with Crippen LogP contribution < -0.4 is 4.90 Å². The first-order valence-corrected chi connectivity index (χ1v) is 6.75. The summed E-state index contributed by atoms with van der Waals surface area (Å²) in [6.45, 7) is 4.14. The molecule has 19 heavy (non-hydrogen) atoms. The summed E-state index contributed by atoms with van der Waals surface area (Å²) in [5.41, 5.74) is 0.426. The van der Waals surface area contributed by atoms with Crippen molar-refractivity contribution in [2.45, 2.75) is 20.3 Å². The zero-order chi connectivity index (χ0) is 14.0. The van der Waals surface area contributed by atoms with Gasteiger partial charge < -0.3 is 9.15 Å². The van der Waals surface area contributed by atoms with E-state index >= 15 is 0 Å². The van der Waals surface area contributed by atoms with E-state index in [0.717, 1.165) is 0 Å². The Morgan fingerprint density at radius 3 is 2.95 bits per heavy atom. The zero-order valence-corrected chi connectivity index (χ0v) is 11.8. The number of aromatic nitrogens is 1. The number of rotatable bonds is 4. The topological polar surface area (TPSA) is 72.6 Å². The molecule has 1 fully saturated rings. The standard InChI is InChI=1S/C12H16N2O4S/c1-3-17-11(16)10-7(2)13-12(18-10)14-5-8(6-19)4-9(14)15/h8,19H,3-6H2,1-2H3. The van der Waals surface area contributed by atoms with E-state index in [0.29, 0.717) is 24.4 Å². The average Bonchev–Trinajstić information content (AvgIpc) is 2.92. The maximum atomic E-state index is 11.8. The van der Waals surface area contributed by atoms with Gasteiger partial charge in [0.25, 0.3) is 0 Å². The molecular formula is C12H16N2O4S. The van der Waals surface area contributed by atoms with Crippen molar-refractivity contribution in [2.75, 3.05) is 23.8 Å². The normalized spacial score (nSPS) is 19.0. The monoisotopic (exact) mass is 284 g/mol. The second kappa shape index (κ2) is 5.64. The Morgan fingerprint density at radius 2 is 2.37 bits per heavy atom. The van der Waals surface area contributed by atoms with Crippen molar-refractivity contribution < 1.29 is 18.7 Å². The van der Waals surface area contributed by atoms with Gasteiger partial charge >= 0.3 is 12.0 Å². The lowest BCUT2D eigenvalue weighted by Gasteiger charge is -2.10. The largest absolute Gasteiger partial charge is 0.460 e. The second-order valence-corrected chi connectivity index (χ2v) is 4.75. The lowest BCUT2D eigenvalue weighted by atomic mass is 10.1. The lowest BCUT2D eigenvalue weighted by molar-refractivity contribution is -0.117. The zero-order valence-electron chi connectivity index (χ0n) is 10.9. The summed E-state index contributed by atoms with van der Waals surface area (Å²) in [6.07, 6.45) is 0.430. The van der Waals surface area contributed by atoms with Crippen LogP contribution in [0.5, 0.6) is 0 Å². The van der Waals surface area contributed by atoms with Gasteiger partial charge in [0.15, 0.2) is 0 Å². The number of ether oxygens (including phenoxy) is 1. The summed E-state index contributed by atoms with van der Waals surface area (Å²) in [6, 6.07) is 0.162. The van der Waals surface area contributed by atoms with E-state index in [1.165, 1.54) is 4.90 Å². The van der Waals surface area contributed by atoms with Gasteiger partial charge in [-0.15, -0.1) is 0 Å². The highest BCUT2D eigenvalue weighted by molar-refractivity contribution is 7.80. The molecule has 0 aliphatic carbocycles. The highest BCUT2D eigenvalue weighted by Crippen LogP contribution is 2.27. The smallest absolute Gasteiger partial charge is 0.376 e. The van der Waals surface area contributed by atoms with Crippen LogP contribution in [-0.4, -0.2) is 35.8 Å². The fourth-order valence-corrected chi connectivity index (χ4v) is 2.22. The van der Waals surface area contributed by atoms with Crippen LogP contribution in [0.1, 0.15) is 29.6 Å². The molecule has 0 bridgehead atoms. The van der Waals surface area contributed by atoms with Gasteiger partial charge in [0.2, 0.25) is 11.7 Å². The first-order chi connectivity index (χ1) is 9.06. The molecule has 2 heterocycles. The minimum atomic E-state index is -0.559. The van der Waals surface area contributed by atoms with Crippen LogP contribution in [-0.2, 0) is 9.53 Å². The Bertz CT molecular complexity index is 500. The van der Waals surface area contributed by atoms with Crippen molar-refractivity contribution >= 4 is 30.5 Å². The predicted molar refractivity (Wildman–Crippen MR) is 71.5 cm³/mol. The Kier molecular flexibility index (Phi) is 4.14.